The van der Waals surface area contributed by atoms with Crippen LogP contribution in [0.2, 0.25) is 0 Å². The largest absolute Gasteiger partial charge is 0.494 e. The minimum absolute atomic E-state index is 0.0576. The molecule has 16 heavy (non-hydrogen) atoms. The molecule has 1 aromatic carbocycles. The molecule has 0 aliphatic carbocycles. The molecule has 2 heteroatoms. The van der Waals surface area contributed by atoms with E-state index in [2.05, 4.69) is 32.9 Å². The first-order chi connectivity index (χ1) is 7.48. The zero-order valence-corrected chi connectivity index (χ0v) is 10.7. The number of rotatable bonds is 5. The van der Waals surface area contributed by atoms with Gasteiger partial charge in [0, 0.05) is 6.61 Å². The first-order valence-corrected chi connectivity index (χ1v) is 5.81. The van der Waals surface area contributed by atoms with Crippen molar-refractivity contribution < 1.29 is 9.84 Å². The van der Waals surface area contributed by atoms with E-state index in [-0.39, 0.29) is 12.0 Å². The highest BCUT2D eigenvalue weighted by Crippen LogP contribution is 2.25. The van der Waals surface area contributed by atoms with Gasteiger partial charge < -0.3 is 9.84 Å². The van der Waals surface area contributed by atoms with Crippen LogP contribution in [0.5, 0.6) is 5.75 Å². The summed E-state index contributed by atoms with van der Waals surface area (Å²) < 4.78 is 5.45. The van der Waals surface area contributed by atoms with Gasteiger partial charge in [0.25, 0.3) is 0 Å². The van der Waals surface area contributed by atoms with Crippen LogP contribution in [0.4, 0.5) is 0 Å². The zero-order valence-electron chi connectivity index (χ0n) is 10.7. The minimum atomic E-state index is -0.0576. The van der Waals surface area contributed by atoms with Gasteiger partial charge in [-0.25, -0.2) is 0 Å². The molecule has 0 heterocycles. The van der Waals surface area contributed by atoms with Crippen LogP contribution in [0.3, 0.4) is 0 Å². The Morgan fingerprint density at radius 3 is 2.50 bits per heavy atom. The van der Waals surface area contributed by atoms with Crippen molar-refractivity contribution in [1.82, 2.24) is 0 Å². The topological polar surface area (TPSA) is 29.5 Å². The highest BCUT2D eigenvalue weighted by atomic mass is 16.5. The summed E-state index contributed by atoms with van der Waals surface area (Å²) in [6.07, 6.45) is 0.891. The Morgan fingerprint density at radius 1 is 1.31 bits per heavy atom. The first kappa shape index (κ1) is 13.0. The molecule has 0 atom stereocenters. The molecule has 0 unspecified atom stereocenters. The van der Waals surface area contributed by atoms with Gasteiger partial charge in [0.15, 0.2) is 0 Å². The molecule has 90 valence electrons. The summed E-state index contributed by atoms with van der Waals surface area (Å²) >= 11 is 0. The number of aliphatic hydroxyl groups excluding tert-OH is 1. The van der Waals surface area contributed by atoms with Crippen LogP contribution in [0.15, 0.2) is 18.2 Å². The summed E-state index contributed by atoms with van der Waals surface area (Å²) in [5, 5.41) is 9.26. The van der Waals surface area contributed by atoms with E-state index in [0.29, 0.717) is 6.61 Å². The highest BCUT2D eigenvalue weighted by molar-refractivity contribution is 5.35. The normalized spacial score (nSPS) is 11.6. The van der Waals surface area contributed by atoms with Crippen LogP contribution in [0.1, 0.15) is 31.9 Å². The van der Waals surface area contributed by atoms with Crippen molar-refractivity contribution in [2.75, 3.05) is 13.2 Å². The lowest BCUT2D eigenvalue weighted by molar-refractivity contribution is 0.159. The highest BCUT2D eigenvalue weighted by Gasteiger charge is 2.18. The van der Waals surface area contributed by atoms with E-state index in [1.54, 1.807) is 0 Å². The molecule has 0 bridgehead atoms. The lowest BCUT2D eigenvalue weighted by Crippen LogP contribution is -2.20. The molecule has 1 N–H and O–H groups in total. The van der Waals surface area contributed by atoms with Crippen molar-refractivity contribution in [2.24, 2.45) is 5.41 Å². The Labute approximate surface area is 98.3 Å². The molecular weight excluding hydrogens is 200 g/mol. The average Bonchev–Trinajstić information content (AvgIpc) is 2.23. The Balaban J connectivity index is 2.83. The van der Waals surface area contributed by atoms with Gasteiger partial charge in [0.05, 0.1) is 6.61 Å². The van der Waals surface area contributed by atoms with E-state index in [1.165, 1.54) is 11.1 Å². The molecule has 0 aromatic heterocycles. The Bertz CT molecular complexity index is 343. The summed E-state index contributed by atoms with van der Waals surface area (Å²) in [4.78, 5) is 0. The third-order valence-corrected chi connectivity index (χ3v) is 2.72. The molecule has 0 radical (unpaired) electrons. The van der Waals surface area contributed by atoms with Gasteiger partial charge in [-0.05, 0) is 48.9 Å². The van der Waals surface area contributed by atoms with Crippen molar-refractivity contribution in [3.8, 4) is 5.75 Å². The Morgan fingerprint density at radius 2 is 2.00 bits per heavy atom. The van der Waals surface area contributed by atoms with Crippen LogP contribution >= 0.6 is 0 Å². The summed E-state index contributed by atoms with van der Waals surface area (Å²) in [6, 6.07) is 6.16. The number of hydrogen-bond acceptors (Lipinski definition) is 2. The summed E-state index contributed by atoms with van der Waals surface area (Å²) in [6.45, 7) is 9.12. The van der Waals surface area contributed by atoms with Crippen molar-refractivity contribution in [2.45, 2.75) is 34.1 Å². The van der Waals surface area contributed by atoms with E-state index in [0.717, 1.165) is 12.2 Å². The maximum Gasteiger partial charge on any atom is 0.119 e. The SMILES string of the molecule is CCOc1ccc(CC(C)(C)CO)c(C)c1. The molecule has 2 nitrogen and oxygen atoms in total. The van der Waals surface area contributed by atoms with E-state index in [9.17, 15) is 5.11 Å². The van der Waals surface area contributed by atoms with Gasteiger partial charge in [-0.2, -0.15) is 0 Å². The van der Waals surface area contributed by atoms with Gasteiger partial charge in [-0.15, -0.1) is 0 Å². The third kappa shape index (κ3) is 3.53. The van der Waals surface area contributed by atoms with Gasteiger partial charge in [-0.1, -0.05) is 19.9 Å². The van der Waals surface area contributed by atoms with Gasteiger partial charge in [0.2, 0.25) is 0 Å². The third-order valence-electron chi connectivity index (χ3n) is 2.72. The van der Waals surface area contributed by atoms with Gasteiger partial charge in [0.1, 0.15) is 5.75 Å². The summed E-state index contributed by atoms with van der Waals surface area (Å²) in [5.74, 6) is 0.922. The monoisotopic (exact) mass is 222 g/mol. The fourth-order valence-electron chi connectivity index (χ4n) is 1.69. The minimum Gasteiger partial charge on any atom is -0.494 e. The quantitative estimate of drug-likeness (QED) is 0.830. The average molecular weight is 222 g/mol. The predicted octanol–water partition coefficient (Wildman–Crippen LogP) is 2.95. The second-order valence-corrected chi connectivity index (χ2v) is 5.02. The second-order valence-electron chi connectivity index (χ2n) is 5.02. The summed E-state index contributed by atoms with van der Waals surface area (Å²) in [5.41, 5.74) is 2.45. The van der Waals surface area contributed by atoms with E-state index in [4.69, 9.17) is 4.74 Å². The van der Waals surface area contributed by atoms with Gasteiger partial charge in [-0.3, -0.25) is 0 Å². The number of benzene rings is 1. The zero-order chi connectivity index (χ0) is 12.2. The summed E-state index contributed by atoms with van der Waals surface area (Å²) in [7, 11) is 0. The first-order valence-electron chi connectivity index (χ1n) is 5.81. The van der Waals surface area contributed by atoms with Gasteiger partial charge >= 0.3 is 0 Å². The van der Waals surface area contributed by atoms with Crippen LogP contribution in [0.25, 0.3) is 0 Å². The van der Waals surface area contributed by atoms with Crippen molar-refractivity contribution in [1.29, 1.82) is 0 Å². The molecule has 0 spiro atoms. The van der Waals surface area contributed by atoms with Crippen LogP contribution in [0, 0.1) is 12.3 Å². The molecule has 0 aliphatic rings. The number of ether oxygens (including phenoxy) is 1. The maximum absolute atomic E-state index is 9.26. The molecule has 0 saturated heterocycles. The van der Waals surface area contributed by atoms with E-state index < -0.39 is 0 Å². The lowest BCUT2D eigenvalue weighted by atomic mass is 9.85. The molecule has 0 saturated carbocycles. The van der Waals surface area contributed by atoms with Crippen LogP contribution in [-0.4, -0.2) is 18.3 Å². The molecule has 0 amide bonds. The Hall–Kier alpha value is -1.02. The lowest BCUT2D eigenvalue weighted by Gasteiger charge is -2.22. The molecule has 1 rings (SSSR count). The number of aryl methyl sites for hydroxylation is 1. The Kier molecular flexibility index (Phi) is 4.36. The fraction of sp³-hybridized carbons (Fsp3) is 0.571. The van der Waals surface area contributed by atoms with E-state index in [1.807, 2.05) is 13.0 Å². The predicted molar refractivity (Wildman–Crippen MR) is 66.9 cm³/mol. The molecule has 1 aromatic rings. The van der Waals surface area contributed by atoms with Crippen molar-refractivity contribution >= 4 is 0 Å². The smallest absolute Gasteiger partial charge is 0.119 e. The van der Waals surface area contributed by atoms with E-state index >= 15 is 0 Å². The standard InChI is InChI=1S/C14H22O2/c1-5-16-13-7-6-12(11(2)8-13)9-14(3,4)10-15/h6-8,15H,5,9-10H2,1-4H3. The number of aliphatic hydroxyl groups is 1. The van der Waals surface area contributed by atoms with Crippen molar-refractivity contribution in [3.05, 3.63) is 29.3 Å². The molecular formula is C14H22O2. The van der Waals surface area contributed by atoms with Crippen molar-refractivity contribution in [3.63, 3.8) is 0 Å². The second kappa shape index (κ2) is 5.35. The van der Waals surface area contributed by atoms with Crippen LogP contribution in [-0.2, 0) is 6.42 Å². The molecule has 0 aliphatic heterocycles. The fourth-order valence-corrected chi connectivity index (χ4v) is 1.69. The van der Waals surface area contributed by atoms with Crippen LogP contribution < -0.4 is 4.74 Å². The number of hydrogen-bond donors (Lipinski definition) is 1. The molecule has 0 fully saturated rings. The maximum atomic E-state index is 9.26.